The van der Waals surface area contributed by atoms with Crippen molar-refractivity contribution in [2.24, 2.45) is 11.7 Å². The molecule has 0 spiro atoms. The molecule has 0 aromatic heterocycles. The van der Waals surface area contributed by atoms with Crippen molar-refractivity contribution in [1.82, 2.24) is 4.90 Å². The number of hydrogen-bond donors (Lipinski definition) is 2. The first-order valence-corrected chi connectivity index (χ1v) is 8.76. The van der Waals surface area contributed by atoms with Gasteiger partial charge in [-0.2, -0.15) is 0 Å². The Morgan fingerprint density at radius 1 is 1.19 bits per heavy atom. The minimum absolute atomic E-state index is 0.00333. The summed E-state index contributed by atoms with van der Waals surface area (Å²) in [6, 6.07) is 15.3. The van der Waals surface area contributed by atoms with Gasteiger partial charge in [0.05, 0.1) is 5.69 Å². The molecule has 0 radical (unpaired) electrons. The van der Waals surface area contributed by atoms with Crippen molar-refractivity contribution in [3.05, 3.63) is 59.7 Å². The molecule has 2 atom stereocenters. The maximum atomic E-state index is 13.0. The van der Waals surface area contributed by atoms with Crippen LogP contribution in [0.3, 0.4) is 0 Å². The first-order chi connectivity index (χ1) is 12.7. The monoisotopic (exact) mass is 351 g/mol. The highest BCUT2D eigenvalue weighted by atomic mass is 16.5. The van der Waals surface area contributed by atoms with Gasteiger partial charge in [0.25, 0.3) is 11.8 Å². The van der Waals surface area contributed by atoms with Gasteiger partial charge in [0, 0.05) is 24.6 Å². The van der Waals surface area contributed by atoms with E-state index < -0.39 is 0 Å². The molecule has 4 rings (SSSR count). The second-order valence-electron chi connectivity index (χ2n) is 6.77. The van der Waals surface area contributed by atoms with Crippen molar-refractivity contribution in [1.29, 1.82) is 0 Å². The molecule has 2 aromatic rings. The van der Waals surface area contributed by atoms with Gasteiger partial charge < -0.3 is 20.7 Å². The van der Waals surface area contributed by atoms with Gasteiger partial charge in [-0.15, -0.1) is 0 Å². The molecule has 26 heavy (non-hydrogen) atoms. The fourth-order valence-corrected chi connectivity index (χ4v) is 3.75. The van der Waals surface area contributed by atoms with Crippen molar-refractivity contribution >= 4 is 17.5 Å². The quantitative estimate of drug-likeness (QED) is 0.884. The number of carbonyl (C=O) groups excluding carboxylic acids is 2. The fraction of sp³-hybridized carbons (Fsp3) is 0.300. The lowest BCUT2D eigenvalue weighted by Crippen LogP contribution is -2.30. The van der Waals surface area contributed by atoms with Crippen LogP contribution >= 0.6 is 0 Å². The molecule has 2 aromatic carbocycles. The Labute approximate surface area is 151 Å². The van der Waals surface area contributed by atoms with Crippen LogP contribution in [0.5, 0.6) is 5.75 Å². The van der Waals surface area contributed by atoms with Crippen molar-refractivity contribution < 1.29 is 14.3 Å². The highest BCUT2D eigenvalue weighted by molar-refractivity contribution is 6.00. The zero-order chi connectivity index (χ0) is 18.1. The van der Waals surface area contributed by atoms with Gasteiger partial charge in [-0.05, 0) is 36.2 Å². The lowest BCUT2D eigenvalue weighted by atomic mass is 9.89. The standard InChI is InChI=1S/C20H21N3O3/c21-9-15-10-23(11-16(15)13-4-2-1-3-5-13)20(25)14-6-7-18-17(8-14)22-19(24)12-26-18/h1-8,15-16H,9-12,21H2,(H,22,24)/t15-,16+/m1/s1. The smallest absolute Gasteiger partial charge is 0.262 e. The van der Waals surface area contributed by atoms with E-state index in [1.54, 1.807) is 18.2 Å². The van der Waals surface area contributed by atoms with Gasteiger partial charge in [0.1, 0.15) is 5.75 Å². The molecule has 3 N–H and O–H groups in total. The maximum absolute atomic E-state index is 13.0. The Kier molecular flexibility index (Phi) is 4.34. The lowest BCUT2D eigenvalue weighted by molar-refractivity contribution is -0.118. The highest BCUT2D eigenvalue weighted by Crippen LogP contribution is 2.34. The summed E-state index contributed by atoms with van der Waals surface area (Å²) in [5.74, 6) is 0.803. The Bertz CT molecular complexity index is 837. The summed E-state index contributed by atoms with van der Waals surface area (Å²) in [7, 11) is 0. The highest BCUT2D eigenvalue weighted by Gasteiger charge is 2.35. The van der Waals surface area contributed by atoms with Crippen LogP contribution in [0, 0.1) is 5.92 Å². The molecule has 2 aliphatic heterocycles. The zero-order valence-electron chi connectivity index (χ0n) is 14.4. The van der Waals surface area contributed by atoms with Crippen LogP contribution in [0.25, 0.3) is 0 Å². The normalized spacial score (nSPS) is 21.7. The van der Waals surface area contributed by atoms with Crippen LogP contribution in [-0.2, 0) is 4.79 Å². The van der Waals surface area contributed by atoms with Gasteiger partial charge >= 0.3 is 0 Å². The Morgan fingerprint density at radius 2 is 2.00 bits per heavy atom. The van der Waals surface area contributed by atoms with Crippen molar-refractivity contribution in [3.8, 4) is 5.75 Å². The Morgan fingerprint density at radius 3 is 2.77 bits per heavy atom. The van der Waals surface area contributed by atoms with Gasteiger partial charge in [-0.25, -0.2) is 0 Å². The molecular weight excluding hydrogens is 330 g/mol. The molecule has 2 aliphatic rings. The summed E-state index contributed by atoms with van der Waals surface area (Å²) in [6.07, 6.45) is 0. The first-order valence-electron chi connectivity index (χ1n) is 8.76. The second kappa shape index (κ2) is 6.80. The summed E-state index contributed by atoms with van der Waals surface area (Å²) >= 11 is 0. The van der Waals surface area contributed by atoms with Crippen molar-refractivity contribution in [3.63, 3.8) is 0 Å². The SMILES string of the molecule is NC[C@@H]1CN(C(=O)c2ccc3c(c2)NC(=O)CO3)C[C@H]1c1ccccc1. The average molecular weight is 351 g/mol. The van der Waals surface area contributed by atoms with E-state index in [0.717, 1.165) is 0 Å². The molecule has 1 fully saturated rings. The number of likely N-dealkylation sites (tertiary alicyclic amines) is 1. The minimum atomic E-state index is -0.212. The van der Waals surface area contributed by atoms with Crippen LogP contribution in [0.4, 0.5) is 5.69 Å². The minimum Gasteiger partial charge on any atom is -0.482 e. The molecular formula is C20H21N3O3. The molecule has 2 amide bonds. The number of nitrogens with zero attached hydrogens (tertiary/aromatic N) is 1. The number of benzene rings is 2. The third kappa shape index (κ3) is 3.04. The van der Waals surface area contributed by atoms with E-state index in [2.05, 4.69) is 17.4 Å². The molecule has 0 aliphatic carbocycles. The molecule has 2 heterocycles. The van der Waals surface area contributed by atoms with E-state index in [0.29, 0.717) is 36.6 Å². The Balaban J connectivity index is 1.55. The lowest BCUT2D eigenvalue weighted by Gasteiger charge is -2.20. The van der Waals surface area contributed by atoms with Crippen LogP contribution in [0.15, 0.2) is 48.5 Å². The van der Waals surface area contributed by atoms with Gasteiger partial charge in [-0.3, -0.25) is 9.59 Å². The summed E-state index contributed by atoms with van der Waals surface area (Å²) in [5, 5.41) is 2.75. The van der Waals surface area contributed by atoms with E-state index in [9.17, 15) is 9.59 Å². The number of rotatable bonds is 3. The molecule has 6 heteroatoms. The summed E-state index contributed by atoms with van der Waals surface area (Å²) in [6.45, 7) is 1.82. The maximum Gasteiger partial charge on any atom is 0.262 e. The number of ether oxygens (including phenoxy) is 1. The van der Waals surface area contributed by atoms with E-state index >= 15 is 0 Å². The number of anilines is 1. The molecule has 0 saturated carbocycles. The van der Waals surface area contributed by atoms with Gasteiger partial charge in [-0.1, -0.05) is 30.3 Å². The molecule has 0 unspecified atom stereocenters. The van der Waals surface area contributed by atoms with E-state index in [4.69, 9.17) is 10.5 Å². The number of carbonyl (C=O) groups is 2. The average Bonchev–Trinajstić information content (AvgIpc) is 3.12. The van der Waals surface area contributed by atoms with Crippen molar-refractivity contribution in [2.75, 3.05) is 31.6 Å². The van der Waals surface area contributed by atoms with Gasteiger partial charge in [0.2, 0.25) is 0 Å². The fourth-order valence-electron chi connectivity index (χ4n) is 3.75. The number of hydrogen-bond acceptors (Lipinski definition) is 4. The largest absolute Gasteiger partial charge is 0.482 e. The zero-order valence-corrected chi connectivity index (χ0v) is 14.4. The number of nitrogens with one attached hydrogen (secondary N) is 1. The van der Waals surface area contributed by atoms with Crippen LogP contribution in [0.2, 0.25) is 0 Å². The predicted octanol–water partition coefficient (Wildman–Crippen LogP) is 1.83. The van der Waals surface area contributed by atoms with Gasteiger partial charge in [0.15, 0.2) is 6.61 Å². The second-order valence-corrected chi connectivity index (χ2v) is 6.77. The first kappa shape index (κ1) is 16.6. The van der Waals surface area contributed by atoms with Crippen molar-refractivity contribution in [2.45, 2.75) is 5.92 Å². The molecule has 1 saturated heterocycles. The van der Waals surface area contributed by atoms with Crippen LogP contribution in [-0.4, -0.2) is 43.0 Å². The van der Waals surface area contributed by atoms with Crippen LogP contribution < -0.4 is 15.8 Å². The van der Waals surface area contributed by atoms with E-state index in [1.165, 1.54) is 5.56 Å². The van der Waals surface area contributed by atoms with E-state index in [1.807, 2.05) is 23.1 Å². The Hall–Kier alpha value is -2.86. The molecule has 0 bridgehead atoms. The summed E-state index contributed by atoms with van der Waals surface area (Å²) in [4.78, 5) is 26.3. The van der Waals surface area contributed by atoms with E-state index in [-0.39, 0.29) is 30.3 Å². The molecule has 134 valence electrons. The third-order valence-corrected chi connectivity index (χ3v) is 5.12. The number of fused-ring (bicyclic) bond motifs is 1. The number of amides is 2. The molecule has 6 nitrogen and oxygen atoms in total. The summed E-state index contributed by atoms with van der Waals surface area (Å²) < 4.78 is 5.35. The topological polar surface area (TPSA) is 84.7 Å². The van der Waals surface area contributed by atoms with Crippen LogP contribution in [0.1, 0.15) is 21.8 Å². The predicted molar refractivity (Wildman–Crippen MR) is 98.2 cm³/mol. The summed E-state index contributed by atoms with van der Waals surface area (Å²) in [5.41, 5.74) is 8.26. The number of nitrogens with two attached hydrogens (primary N) is 1. The third-order valence-electron chi connectivity index (χ3n) is 5.12.